The maximum Gasteiger partial charge on any atom is 0.397 e. The SMILES string of the molecule is O=C(CSCC(F)(F)F)NCC(O)c1ccncc1. The number of hydrogen-bond acceptors (Lipinski definition) is 4. The lowest BCUT2D eigenvalue weighted by atomic mass is 10.1. The molecule has 0 bridgehead atoms. The molecule has 0 aliphatic carbocycles. The number of rotatable bonds is 6. The highest BCUT2D eigenvalue weighted by Gasteiger charge is 2.27. The summed E-state index contributed by atoms with van der Waals surface area (Å²) in [5.74, 6) is -1.89. The van der Waals surface area contributed by atoms with E-state index in [0.29, 0.717) is 17.3 Å². The van der Waals surface area contributed by atoms with Crippen molar-refractivity contribution in [1.29, 1.82) is 0 Å². The highest BCUT2D eigenvalue weighted by atomic mass is 32.2. The van der Waals surface area contributed by atoms with Crippen molar-refractivity contribution < 1.29 is 23.1 Å². The molecule has 1 heterocycles. The van der Waals surface area contributed by atoms with Gasteiger partial charge in [0.25, 0.3) is 0 Å². The van der Waals surface area contributed by atoms with Gasteiger partial charge in [0, 0.05) is 18.9 Å². The summed E-state index contributed by atoms with van der Waals surface area (Å²) >= 11 is 0.487. The Hall–Kier alpha value is -1.28. The van der Waals surface area contributed by atoms with E-state index in [4.69, 9.17) is 0 Å². The minimum Gasteiger partial charge on any atom is -0.387 e. The molecule has 0 aliphatic rings. The molecule has 1 amide bonds. The molecule has 0 radical (unpaired) electrons. The van der Waals surface area contributed by atoms with Crippen LogP contribution in [-0.4, -0.2) is 40.2 Å². The Morgan fingerprint density at radius 3 is 2.63 bits per heavy atom. The number of nitrogens with one attached hydrogen (secondary N) is 1. The standard InChI is InChI=1S/C11H13F3N2O2S/c12-11(13,14)7-19-6-10(18)16-5-9(17)8-1-3-15-4-2-8/h1-4,9,17H,5-7H2,(H,16,18). The predicted molar refractivity (Wildman–Crippen MR) is 65.6 cm³/mol. The number of thioether (sulfide) groups is 1. The van der Waals surface area contributed by atoms with E-state index in [2.05, 4.69) is 10.3 Å². The van der Waals surface area contributed by atoms with Gasteiger partial charge < -0.3 is 10.4 Å². The van der Waals surface area contributed by atoms with Gasteiger partial charge in [0.2, 0.25) is 5.91 Å². The fraction of sp³-hybridized carbons (Fsp3) is 0.455. The molecule has 106 valence electrons. The number of halogens is 3. The minimum atomic E-state index is -4.28. The third-order valence-electron chi connectivity index (χ3n) is 2.08. The summed E-state index contributed by atoms with van der Waals surface area (Å²) < 4.78 is 35.5. The lowest BCUT2D eigenvalue weighted by molar-refractivity contribution is -0.119. The second-order valence-electron chi connectivity index (χ2n) is 3.71. The summed E-state index contributed by atoms with van der Waals surface area (Å²) in [7, 11) is 0. The molecule has 19 heavy (non-hydrogen) atoms. The number of aromatic nitrogens is 1. The van der Waals surface area contributed by atoms with E-state index in [1.807, 2.05) is 0 Å². The molecule has 0 saturated carbocycles. The van der Waals surface area contributed by atoms with Crippen LogP contribution >= 0.6 is 11.8 Å². The molecule has 0 aliphatic heterocycles. The summed E-state index contributed by atoms with van der Waals surface area (Å²) in [6.45, 7) is -0.0462. The molecular weight excluding hydrogens is 281 g/mol. The zero-order valence-corrected chi connectivity index (χ0v) is 10.7. The van der Waals surface area contributed by atoms with Crippen LogP contribution < -0.4 is 5.32 Å². The van der Waals surface area contributed by atoms with Crippen molar-refractivity contribution in [2.45, 2.75) is 12.3 Å². The highest BCUT2D eigenvalue weighted by Crippen LogP contribution is 2.20. The number of aliphatic hydroxyl groups is 1. The van der Waals surface area contributed by atoms with Gasteiger partial charge in [0.05, 0.1) is 17.6 Å². The van der Waals surface area contributed by atoms with Crippen molar-refractivity contribution in [1.82, 2.24) is 10.3 Å². The Kier molecular flexibility index (Phi) is 6.10. The fourth-order valence-electron chi connectivity index (χ4n) is 1.22. The molecular formula is C11H13F3N2O2S. The first kappa shape index (κ1) is 15.8. The van der Waals surface area contributed by atoms with E-state index in [1.54, 1.807) is 12.1 Å². The zero-order chi connectivity index (χ0) is 14.3. The average molecular weight is 294 g/mol. The van der Waals surface area contributed by atoms with Gasteiger partial charge in [-0.3, -0.25) is 9.78 Å². The number of nitrogens with zero attached hydrogens (tertiary/aromatic N) is 1. The van der Waals surface area contributed by atoms with Crippen LogP contribution in [0.4, 0.5) is 13.2 Å². The maximum atomic E-state index is 11.8. The maximum absolute atomic E-state index is 11.8. The van der Waals surface area contributed by atoms with E-state index >= 15 is 0 Å². The smallest absolute Gasteiger partial charge is 0.387 e. The fourth-order valence-corrected chi connectivity index (χ4v) is 1.85. The van der Waals surface area contributed by atoms with E-state index < -0.39 is 23.9 Å². The largest absolute Gasteiger partial charge is 0.397 e. The van der Waals surface area contributed by atoms with Crippen LogP contribution in [0.15, 0.2) is 24.5 Å². The third kappa shape index (κ3) is 7.02. The molecule has 1 aromatic rings. The normalized spacial score (nSPS) is 13.1. The second-order valence-corrected chi connectivity index (χ2v) is 4.69. The average Bonchev–Trinajstić information content (AvgIpc) is 2.35. The van der Waals surface area contributed by atoms with Crippen molar-refractivity contribution in [3.63, 3.8) is 0 Å². The summed E-state index contributed by atoms with van der Waals surface area (Å²) in [4.78, 5) is 15.0. The number of pyridine rings is 1. The van der Waals surface area contributed by atoms with Crippen molar-refractivity contribution in [3.8, 4) is 0 Å². The molecule has 0 fully saturated rings. The van der Waals surface area contributed by atoms with Gasteiger partial charge in [-0.05, 0) is 17.7 Å². The van der Waals surface area contributed by atoms with E-state index in [1.165, 1.54) is 12.4 Å². The molecule has 1 aromatic heterocycles. The topological polar surface area (TPSA) is 62.2 Å². The van der Waals surface area contributed by atoms with Gasteiger partial charge in [-0.2, -0.15) is 13.2 Å². The first-order valence-electron chi connectivity index (χ1n) is 5.37. The van der Waals surface area contributed by atoms with Gasteiger partial charge in [-0.15, -0.1) is 11.8 Å². The number of amides is 1. The van der Waals surface area contributed by atoms with Crippen LogP contribution in [0.3, 0.4) is 0 Å². The van der Waals surface area contributed by atoms with E-state index in [0.717, 1.165) is 0 Å². The molecule has 8 heteroatoms. The molecule has 0 saturated heterocycles. The lowest BCUT2D eigenvalue weighted by Gasteiger charge is -2.12. The van der Waals surface area contributed by atoms with Gasteiger partial charge in [0.1, 0.15) is 0 Å². The van der Waals surface area contributed by atoms with Crippen LogP contribution in [0, 0.1) is 0 Å². The summed E-state index contributed by atoms with van der Waals surface area (Å²) in [6.07, 6.45) is -2.18. The first-order chi connectivity index (χ1) is 8.88. The predicted octanol–water partition coefficient (Wildman–Crippen LogP) is 1.53. The first-order valence-corrected chi connectivity index (χ1v) is 6.53. The quantitative estimate of drug-likeness (QED) is 0.835. The van der Waals surface area contributed by atoms with Crippen LogP contribution in [-0.2, 0) is 4.79 Å². The van der Waals surface area contributed by atoms with Crippen molar-refractivity contribution in [3.05, 3.63) is 30.1 Å². The molecule has 2 N–H and O–H groups in total. The highest BCUT2D eigenvalue weighted by molar-refractivity contribution is 8.00. The van der Waals surface area contributed by atoms with Crippen molar-refractivity contribution in [2.24, 2.45) is 0 Å². The number of alkyl halides is 3. The van der Waals surface area contributed by atoms with E-state index in [9.17, 15) is 23.1 Å². The molecule has 1 rings (SSSR count). The van der Waals surface area contributed by atoms with Gasteiger partial charge >= 0.3 is 6.18 Å². The Balaban J connectivity index is 2.23. The number of hydrogen-bond donors (Lipinski definition) is 2. The van der Waals surface area contributed by atoms with Crippen molar-refractivity contribution >= 4 is 17.7 Å². The Bertz CT molecular complexity index is 401. The Labute approximate surface area is 112 Å². The van der Waals surface area contributed by atoms with Crippen LogP contribution in [0.2, 0.25) is 0 Å². The molecule has 4 nitrogen and oxygen atoms in total. The molecule has 1 unspecified atom stereocenters. The number of aliphatic hydroxyl groups excluding tert-OH is 1. The summed E-state index contributed by atoms with van der Waals surface area (Å²) in [6, 6.07) is 3.18. The third-order valence-corrected chi connectivity index (χ3v) is 3.08. The van der Waals surface area contributed by atoms with Crippen LogP contribution in [0.25, 0.3) is 0 Å². The van der Waals surface area contributed by atoms with Crippen LogP contribution in [0.1, 0.15) is 11.7 Å². The van der Waals surface area contributed by atoms with Crippen LogP contribution in [0.5, 0.6) is 0 Å². The molecule has 0 spiro atoms. The van der Waals surface area contributed by atoms with Gasteiger partial charge in [-0.1, -0.05) is 0 Å². The van der Waals surface area contributed by atoms with Gasteiger partial charge in [0.15, 0.2) is 0 Å². The lowest BCUT2D eigenvalue weighted by Crippen LogP contribution is -2.30. The van der Waals surface area contributed by atoms with Crippen molar-refractivity contribution in [2.75, 3.05) is 18.1 Å². The number of carbonyl (C=O) groups is 1. The van der Waals surface area contributed by atoms with Gasteiger partial charge in [-0.25, -0.2) is 0 Å². The Morgan fingerprint density at radius 2 is 2.05 bits per heavy atom. The monoisotopic (exact) mass is 294 g/mol. The zero-order valence-electron chi connectivity index (χ0n) is 9.85. The Morgan fingerprint density at radius 1 is 1.42 bits per heavy atom. The molecule has 0 aromatic carbocycles. The summed E-state index contributed by atoms with van der Waals surface area (Å²) in [5.41, 5.74) is 0.582. The minimum absolute atomic E-state index is 0.0462. The molecule has 1 atom stereocenters. The van der Waals surface area contributed by atoms with E-state index in [-0.39, 0.29) is 12.3 Å². The summed E-state index contributed by atoms with van der Waals surface area (Å²) in [5, 5.41) is 12.1. The number of carbonyl (C=O) groups excluding carboxylic acids is 1. The second kappa shape index (κ2) is 7.34.